The van der Waals surface area contributed by atoms with Gasteiger partial charge in [-0.15, -0.1) is 0 Å². The topological polar surface area (TPSA) is 81.4 Å². The largest absolute Gasteiger partial charge is 0.382 e. The number of sulfonamides is 1. The molecule has 0 unspecified atom stereocenters. The van der Waals surface area contributed by atoms with Crippen molar-refractivity contribution in [2.24, 2.45) is 5.73 Å². The maximum absolute atomic E-state index is 12.1. The van der Waals surface area contributed by atoms with Crippen molar-refractivity contribution in [3.05, 3.63) is 28.8 Å². The van der Waals surface area contributed by atoms with Crippen LogP contribution in [-0.2, 0) is 14.8 Å². The van der Waals surface area contributed by atoms with Crippen molar-refractivity contribution >= 4 is 21.6 Å². The Bertz CT molecular complexity index is 621. The molecule has 0 heterocycles. The molecule has 0 radical (unpaired) electrons. The summed E-state index contributed by atoms with van der Waals surface area (Å²) in [6.45, 7) is 3.55. The summed E-state index contributed by atoms with van der Waals surface area (Å²) in [5, 5.41) is 0.135. The van der Waals surface area contributed by atoms with Gasteiger partial charge in [0.1, 0.15) is 4.90 Å². The van der Waals surface area contributed by atoms with Gasteiger partial charge in [0.25, 0.3) is 0 Å². The first kappa shape index (κ1) is 18.0. The van der Waals surface area contributed by atoms with Gasteiger partial charge in [0, 0.05) is 25.3 Å². The quantitative estimate of drug-likeness (QED) is 0.584. The summed E-state index contributed by atoms with van der Waals surface area (Å²) in [4.78, 5) is 0.0406. The van der Waals surface area contributed by atoms with Gasteiger partial charge in [-0.25, -0.2) is 13.1 Å². The zero-order valence-corrected chi connectivity index (χ0v) is 13.4. The Labute approximate surface area is 130 Å². The second-order valence-corrected chi connectivity index (χ2v) is 6.24. The summed E-state index contributed by atoms with van der Waals surface area (Å²) < 4.78 is 31.9. The lowest BCUT2D eigenvalue weighted by Crippen LogP contribution is -2.25. The van der Waals surface area contributed by atoms with Crippen LogP contribution in [0, 0.1) is 11.8 Å². The minimum absolute atomic E-state index is 0.0406. The lowest BCUT2D eigenvalue weighted by molar-refractivity contribution is 0.146. The first-order chi connectivity index (χ1) is 10.0. The van der Waals surface area contributed by atoms with E-state index in [-0.39, 0.29) is 16.5 Å². The summed E-state index contributed by atoms with van der Waals surface area (Å²) in [6, 6.07) is 4.55. The van der Waals surface area contributed by atoms with Crippen LogP contribution in [0.4, 0.5) is 0 Å². The lowest BCUT2D eigenvalue weighted by atomic mass is 10.2. The number of nitrogens with one attached hydrogen (secondary N) is 1. The van der Waals surface area contributed by atoms with E-state index in [0.29, 0.717) is 31.7 Å². The summed E-state index contributed by atoms with van der Waals surface area (Å²) in [7, 11) is -3.63. The third-order valence-corrected chi connectivity index (χ3v) is 4.46. The fourth-order valence-corrected chi connectivity index (χ4v) is 3.17. The van der Waals surface area contributed by atoms with E-state index in [9.17, 15) is 8.42 Å². The number of ether oxygens (including phenoxy) is 1. The molecule has 7 heteroatoms. The Balaban J connectivity index is 2.74. The average molecular weight is 331 g/mol. The predicted octanol–water partition coefficient (Wildman–Crippen LogP) is 1.36. The average Bonchev–Trinajstić information content (AvgIpc) is 2.44. The second-order valence-electron chi connectivity index (χ2n) is 4.10. The minimum atomic E-state index is -3.63. The molecule has 0 atom stereocenters. The van der Waals surface area contributed by atoms with Crippen LogP contribution in [0.3, 0.4) is 0 Å². The Kier molecular flexibility index (Phi) is 7.72. The van der Waals surface area contributed by atoms with Gasteiger partial charge in [-0.2, -0.15) is 0 Å². The van der Waals surface area contributed by atoms with E-state index < -0.39 is 10.0 Å². The van der Waals surface area contributed by atoms with E-state index in [4.69, 9.17) is 22.1 Å². The van der Waals surface area contributed by atoms with E-state index in [1.165, 1.54) is 12.1 Å². The molecular weight excluding hydrogens is 312 g/mol. The SMILES string of the molecule is CCOCCCNS(=O)(=O)c1ccc(C#CCN)cc1Cl. The van der Waals surface area contributed by atoms with Crippen LogP contribution >= 0.6 is 11.6 Å². The molecule has 5 nitrogen and oxygen atoms in total. The number of rotatable bonds is 7. The van der Waals surface area contributed by atoms with Gasteiger partial charge in [0.15, 0.2) is 0 Å². The second kappa shape index (κ2) is 9.03. The zero-order chi connectivity index (χ0) is 15.7. The molecule has 0 saturated carbocycles. The molecule has 0 amide bonds. The van der Waals surface area contributed by atoms with Gasteiger partial charge in [-0.1, -0.05) is 23.4 Å². The van der Waals surface area contributed by atoms with Gasteiger partial charge in [-0.05, 0) is 31.5 Å². The normalized spacial score (nSPS) is 11.0. The van der Waals surface area contributed by atoms with Crippen molar-refractivity contribution in [1.29, 1.82) is 0 Å². The molecule has 0 saturated heterocycles. The van der Waals surface area contributed by atoms with Crippen LogP contribution in [0.15, 0.2) is 23.1 Å². The van der Waals surface area contributed by atoms with Gasteiger partial charge in [0.2, 0.25) is 10.0 Å². The number of benzene rings is 1. The predicted molar refractivity (Wildman–Crippen MR) is 83.7 cm³/mol. The van der Waals surface area contributed by atoms with E-state index in [2.05, 4.69) is 16.6 Å². The highest BCUT2D eigenvalue weighted by Gasteiger charge is 2.17. The van der Waals surface area contributed by atoms with Gasteiger partial charge < -0.3 is 10.5 Å². The van der Waals surface area contributed by atoms with E-state index in [1.54, 1.807) is 6.07 Å². The van der Waals surface area contributed by atoms with Crippen molar-refractivity contribution in [2.75, 3.05) is 26.3 Å². The monoisotopic (exact) mass is 330 g/mol. The van der Waals surface area contributed by atoms with Gasteiger partial charge >= 0.3 is 0 Å². The van der Waals surface area contributed by atoms with E-state index in [1.807, 2.05) is 6.92 Å². The molecule has 116 valence electrons. The number of nitrogens with two attached hydrogens (primary N) is 1. The Hall–Kier alpha value is -1.10. The van der Waals surface area contributed by atoms with E-state index in [0.717, 1.165) is 0 Å². The Morgan fingerprint density at radius 1 is 1.43 bits per heavy atom. The molecule has 1 aromatic rings. The highest BCUT2D eigenvalue weighted by molar-refractivity contribution is 7.89. The molecule has 0 fully saturated rings. The number of hydrogen-bond donors (Lipinski definition) is 2. The molecule has 0 bridgehead atoms. The van der Waals surface area contributed by atoms with Crippen molar-refractivity contribution in [2.45, 2.75) is 18.2 Å². The van der Waals surface area contributed by atoms with Crippen molar-refractivity contribution in [3.8, 4) is 11.8 Å². The van der Waals surface area contributed by atoms with E-state index >= 15 is 0 Å². The highest BCUT2D eigenvalue weighted by Crippen LogP contribution is 2.22. The van der Waals surface area contributed by atoms with Crippen molar-refractivity contribution < 1.29 is 13.2 Å². The third-order valence-electron chi connectivity index (χ3n) is 2.52. The minimum Gasteiger partial charge on any atom is -0.382 e. The van der Waals surface area contributed by atoms with Crippen LogP contribution in [-0.4, -0.2) is 34.7 Å². The zero-order valence-electron chi connectivity index (χ0n) is 11.9. The fourth-order valence-electron chi connectivity index (χ4n) is 1.55. The molecule has 0 aliphatic heterocycles. The van der Waals surface area contributed by atoms with Gasteiger partial charge in [-0.3, -0.25) is 0 Å². The first-order valence-corrected chi connectivity index (χ1v) is 8.43. The molecular formula is C14H19ClN2O3S. The summed E-state index contributed by atoms with van der Waals surface area (Å²) in [5.74, 6) is 5.48. The smallest absolute Gasteiger partial charge is 0.242 e. The molecule has 0 aliphatic rings. The first-order valence-electron chi connectivity index (χ1n) is 6.57. The molecule has 0 spiro atoms. The molecule has 3 N–H and O–H groups in total. The fraction of sp³-hybridized carbons (Fsp3) is 0.429. The molecule has 0 aliphatic carbocycles. The third kappa shape index (κ3) is 6.04. The number of halogens is 1. The van der Waals surface area contributed by atoms with Crippen LogP contribution in [0.5, 0.6) is 0 Å². The maximum Gasteiger partial charge on any atom is 0.242 e. The summed E-state index contributed by atoms with van der Waals surface area (Å²) >= 11 is 6.01. The Morgan fingerprint density at radius 3 is 2.81 bits per heavy atom. The highest BCUT2D eigenvalue weighted by atomic mass is 35.5. The summed E-state index contributed by atoms with van der Waals surface area (Å²) in [5.41, 5.74) is 5.91. The van der Waals surface area contributed by atoms with Crippen molar-refractivity contribution in [1.82, 2.24) is 4.72 Å². The van der Waals surface area contributed by atoms with Crippen LogP contribution in [0.2, 0.25) is 5.02 Å². The lowest BCUT2D eigenvalue weighted by Gasteiger charge is -2.08. The van der Waals surface area contributed by atoms with Crippen LogP contribution in [0.1, 0.15) is 18.9 Å². The van der Waals surface area contributed by atoms with Crippen LogP contribution in [0.25, 0.3) is 0 Å². The molecule has 21 heavy (non-hydrogen) atoms. The maximum atomic E-state index is 12.1. The Morgan fingerprint density at radius 2 is 2.19 bits per heavy atom. The molecule has 1 rings (SSSR count). The van der Waals surface area contributed by atoms with Crippen molar-refractivity contribution in [3.63, 3.8) is 0 Å². The van der Waals surface area contributed by atoms with Crippen LogP contribution < -0.4 is 10.5 Å². The number of hydrogen-bond acceptors (Lipinski definition) is 4. The van der Waals surface area contributed by atoms with Gasteiger partial charge in [0.05, 0.1) is 11.6 Å². The molecule has 0 aromatic heterocycles. The summed E-state index contributed by atoms with van der Waals surface area (Å²) in [6.07, 6.45) is 0.602. The standard InChI is InChI=1S/C14H19ClN2O3S/c1-2-20-10-4-9-17-21(18,19)14-7-6-12(5-3-8-16)11-13(14)15/h6-7,11,17H,2,4,8-10,16H2,1H3. The molecule has 1 aromatic carbocycles.